The lowest BCUT2D eigenvalue weighted by atomic mass is 9.90. The fraction of sp³-hybridized carbons (Fsp3) is 0.462. The second-order valence-electron chi connectivity index (χ2n) is 4.57. The Bertz CT molecular complexity index is 436. The number of hydrogen-bond donors (Lipinski definition) is 1. The maximum Gasteiger partial charge on any atom is 0.227 e. The Morgan fingerprint density at radius 2 is 1.94 bits per heavy atom. The van der Waals surface area contributed by atoms with Gasteiger partial charge in [-0.25, -0.2) is 0 Å². The molecule has 1 aromatic rings. The van der Waals surface area contributed by atoms with Gasteiger partial charge in [-0.15, -0.1) is 0 Å². The van der Waals surface area contributed by atoms with Gasteiger partial charge in [-0.2, -0.15) is 0 Å². The minimum atomic E-state index is 0.0915. The first kappa shape index (κ1) is 9.85. The number of nitrogens with zero attached hydrogens (tertiary/aromatic N) is 1. The summed E-state index contributed by atoms with van der Waals surface area (Å²) in [6.45, 7) is 0.950. The highest BCUT2D eigenvalue weighted by molar-refractivity contribution is 5.97. The topological polar surface area (TPSA) is 40.5 Å². The summed E-state index contributed by atoms with van der Waals surface area (Å²) in [6.07, 6.45) is 3.50. The van der Waals surface area contributed by atoms with E-state index in [9.17, 15) is 9.90 Å². The van der Waals surface area contributed by atoms with Crippen LogP contribution in [0.3, 0.4) is 0 Å². The number of hydrogen-bond acceptors (Lipinski definition) is 2. The Balaban J connectivity index is 2.18. The van der Waals surface area contributed by atoms with Gasteiger partial charge in [0, 0.05) is 13.0 Å². The van der Waals surface area contributed by atoms with E-state index >= 15 is 0 Å². The summed E-state index contributed by atoms with van der Waals surface area (Å²) in [5.74, 6) is 0.255. The van der Waals surface area contributed by atoms with Gasteiger partial charge >= 0.3 is 0 Å². The smallest absolute Gasteiger partial charge is 0.227 e. The molecule has 1 aromatic carbocycles. The minimum Gasteiger partial charge on any atom is -0.392 e. The third kappa shape index (κ3) is 1.35. The summed E-state index contributed by atoms with van der Waals surface area (Å²) in [7, 11) is 0. The van der Waals surface area contributed by atoms with E-state index in [1.54, 1.807) is 0 Å². The quantitative estimate of drug-likeness (QED) is 0.772. The first-order valence-corrected chi connectivity index (χ1v) is 5.85. The van der Waals surface area contributed by atoms with Crippen molar-refractivity contribution in [2.45, 2.75) is 32.3 Å². The number of amides is 1. The summed E-state index contributed by atoms with van der Waals surface area (Å²) >= 11 is 0. The van der Waals surface area contributed by atoms with Crippen LogP contribution in [0.4, 0.5) is 5.69 Å². The Hall–Kier alpha value is -1.35. The van der Waals surface area contributed by atoms with Crippen molar-refractivity contribution in [1.82, 2.24) is 0 Å². The van der Waals surface area contributed by atoms with Gasteiger partial charge in [-0.3, -0.25) is 4.79 Å². The first-order chi connectivity index (χ1) is 7.79. The minimum absolute atomic E-state index is 0.0915. The van der Waals surface area contributed by atoms with Gasteiger partial charge in [-0.1, -0.05) is 12.1 Å². The second-order valence-corrected chi connectivity index (χ2v) is 4.57. The lowest BCUT2D eigenvalue weighted by molar-refractivity contribution is -0.119. The van der Waals surface area contributed by atoms with Crippen LogP contribution in [0.1, 0.15) is 29.5 Å². The fourth-order valence-corrected chi connectivity index (χ4v) is 2.82. The molecule has 1 N–H and O–H groups in total. The molecule has 0 bridgehead atoms. The third-order valence-electron chi connectivity index (χ3n) is 3.52. The van der Waals surface area contributed by atoms with Crippen molar-refractivity contribution in [2.24, 2.45) is 0 Å². The molecule has 84 valence electrons. The van der Waals surface area contributed by atoms with E-state index in [0.29, 0.717) is 6.42 Å². The maximum atomic E-state index is 11.8. The van der Waals surface area contributed by atoms with Crippen molar-refractivity contribution in [3.8, 4) is 0 Å². The van der Waals surface area contributed by atoms with Crippen LogP contribution in [0.15, 0.2) is 12.1 Å². The van der Waals surface area contributed by atoms with Gasteiger partial charge in [0.1, 0.15) is 0 Å². The molecule has 0 saturated carbocycles. The van der Waals surface area contributed by atoms with E-state index in [0.717, 1.165) is 37.1 Å². The average molecular weight is 217 g/mol. The fourth-order valence-electron chi connectivity index (χ4n) is 2.82. The monoisotopic (exact) mass is 217 g/mol. The van der Waals surface area contributed by atoms with Gasteiger partial charge in [-0.05, 0) is 36.0 Å². The van der Waals surface area contributed by atoms with E-state index in [4.69, 9.17) is 0 Å². The Kier molecular flexibility index (Phi) is 2.21. The normalized spacial score (nSPS) is 18.6. The molecule has 0 fully saturated rings. The van der Waals surface area contributed by atoms with Crippen molar-refractivity contribution in [2.75, 3.05) is 11.4 Å². The van der Waals surface area contributed by atoms with E-state index < -0.39 is 0 Å². The molecule has 3 nitrogen and oxygen atoms in total. The number of carbonyl (C=O) groups excluding carboxylic acids is 1. The zero-order chi connectivity index (χ0) is 11.1. The van der Waals surface area contributed by atoms with E-state index in [-0.39, 0.29) is 12.5 Å². The lowest BCUT2D eigenvalue weighted by Gasteiger charge is -2.35. The van der Waals surface area contributed by atoms with Crippen molar-refractivity contribution in [3.05, 3.63) is 28.8 Å². The van der Waals surface area contributed by atoms with Crippen LogP contribution >= 0.6 is 0 Å². The molecule has 0 unspecified atom stereocenters. The predicted molar refractivity (Wildman–Crippen MR) is 61.4 cm³/mol. The number of anilines is 1. The number of aryl methyl sites for hydroxylation is 2. The molecule has 2 heterocycles. The third-order valence-corrected chi connectivity index (χ3v) is 3.52. The predicted octanol–water partition coefficient (Wildman–Crippen LogP) is 1.40. The maximum absolute atomic E-state index is 11.8. The van der Waals surface area contributed by atoms with Crippen molar-refractivity contribution < 1.29 is 9.90 Å². The summed E-state index contributed by atoms with van der Waals surface area (Å²) in [5.41, 5.74) is 4.59. The molecule has 0 spiro atoms. The van der Waals surface area contributed by atoms with Gasteiger partial charge < -0.3 is 10.0 Å². The van der Waals surface area contributed by atoms with Crippen molar-refractivity contribution >= 4 is 11.6 Å². The first-order valence-electron chi connectivity index (χ1n) is 5.85. The van der Waals surface area contributed by atoms with Gasteiger partial charge in [0.15, 0.2) is 0 Å². The standard InChI is InChI=1S/C13H15NO2/c15-8-9-6-10-2-1-5-14-12(16)4-3-11(7-9)13(10)14/h6-7,15H,1-5,8H2. The van der Waals surface area contributed by atoms with Crippen LogP contribution < -0.4 is 4.90 Å². The Morgan fingerprint density at radius 1 is 1.19 bits per heavy atom. The lowest BCUT2D eigenvalue weighted by Crippen LogP contribution is -2.39. The number of carbonyl (C=O) groups is 1. The number of rotatable bonds is 1. The zero-order valence-corrected chi connectivity index (χ0v) is 9.20. The molecular formula is C13H15NO2. The molecule has 0 aliphatic carbocycles. The molecule has 3 heteroatoms. The highest BCUT2D eigenvalue weighted by atomic mass is 16.3. The highest BCUT2D eigenvalue weighted by Gasteiger charge is 2.29. The van der Waals surface area contributed by atoms with Crippen LogP contribution in [0.5, 0.6) is 0 Å². The number of aliphatic hydroxyl groups is 1. The van der Waals surface area contributed by atoms with E-state index in [2.05, 4.69) is 0 Å². The van der Waals surface area contributed by atoms with Gasteiger partial charge in [0.05, 0.1) is 12.3 Å². The van der Waals surface area contributed by atoms with E-state index in [1.165, 1.54) is 11.1 Å². The summed E-state index contributed by atoms with van der Waals surface area (Å²) < 4.78 is 0. The molecule has 2 aliphatic rings. The molecular weight excluding hydrogens is 202 g/mol. The summed E-state index contributed by atoms with van der Waals surface area (Å²) in [5, 5.41) is 9.21. The van der Waals surface area contributed by atoms with Crippen molar-refractivity contribution in [3.63, 3.8) is 0 Å². The van der Waals surface area contributed by atoms with Crippen molar-refractivity contribution in [1.29, 1.82) is 0 Å². The molecule has 16 heavy (non-hydrogen) atoms. The van der Waals surface area contributed by atoms with Gasteiger partial charge in [0.2, 0.25) is 5.91 Å². The van der Waals surface area contributed by atoms with Crippen LogP contribution in [0, 0.1) is 0 Å². The summed E-state index contributed by atoms with van der Waals surface area (Å²) in [6, 6.07) is 4.09. The molecule has 2 aliphatic heterocycles. The largest absolute Gasteiger partial charge is 0.392 e. The highest BCUT2D eigenvalue weighted by Crippen LogP contribution is 2.36. The Morgan fingerprint density at radius 3 is 2.69 bits per heavy atom. The van der Waals surface area contributed by atoms with E-state index in [1.807, 2.05) is 17.0 Å². The van der Waals surface area contributed by atoms with Gasteiger partial charge in [0.25, 0.3) is 0 Å². The van der Waals surface area contributed by atoms with Crippen LogP contribution in [-0.4, -0.2) is 17.6 Å². The molecule has 0 atom stereocenters. The number of benzene rings is 1. The molecule has 0 radical (unpaired) electrons. The Labute approximate surface area is 94.7 Å². The van der Waals surface area contributed by atoms with Crippen LogP contribution in [0.25, 0.3) is 0 Å². The zero-order valence-electron chi connectivity index (χ0n) is 9.20. The average Bonchev–Trinajstić information content (AvgIpc) is 2.33. The SMILES string of the molecule is O=C1CCc2cc(CO)cc3c2N1CCC3. The number of aliphatic hydroxyl groups excluding tert-OH is 1. The second kappa shape index (κ2) is 3.59. The molecule has 0 aromatic heterocycles. The summed E-state index contributed by atoms with van der Waals surface area (Å²) in [4.78, 5) is 13.7. The van der Waals surface area contributed by atoms with Crippen LogP contribution in [0.2, 0.25) is 0 Å². The molecule has 1 amide bonds. The molecule has 3 rings (SSSR count). The molecule has 0 saturated heterocycles. The van der Waals surface area contributed by atoms with Crippen LogP contribution in [-0.2, 0) is 24.2 Å².